The lowest BCUT2D eigenvalue weighted by Crippen LogP contribution is -2.22. The maximum absolute atomic E-state index is 5.94. The Kier molecular flexibility index (Phi) is 6.37. The van der Waals surface area contributed by atoms with E-state index in [1.165, 1.54) is 38.5 Å². The van der Waals surface area contributed by atoms with Crippen molar-refractivity contribution in [3.8, 4) is 0 Å². The van der Waals surface area contributed by atoms with Crippen LogP contribution in [0.2, 0.25) is 0 Å². The summed E-state index contributed by atoms with van der Waals surface area (Å²) in [6, 6.07) is 0.414. The minimum Gasteiger partial charge on any atom is -0.368 e. The molecule has 132 valence electrons. The number of hydrogen-bond donors (Lipinski definition) is 2. The number of anilines is 2. The van der Waals surface area contributed by atoms with Crippen LogP contribution in [0.1, 0.15) is 57.2 Å². The van der Waals surface area contributed by atoms with Gasteiger partial charge in [0.1, 0.15) is 0 Å². The standard InChI is InChI=1S/C20H27N5/c21-19-23-18(16-12-8-4-3-5-9-13-16)24-20(25-19)22-17-14-10-6-1-2-7-11-15-17/h3-5,8-9,12-13,17H,1-2,6-7,10-11,14-15H2,(H3,21,22,23,24,25)/b4-3-,5-3?,8-4?,9-5-,12-8?,13-9?,16-12?,16-13?. The molecule has 0 saturated heterocycles. The van der Waals surface area contributed by atoms with Crippen molar-refractivity contribution in [3.63, 3.8) is 0 Å². The summed E-state index contributed by atoms with van der Waals surface area (Å²) in [5, 5.41) is 3.50. The van der Waals surface area contributed by atoms with E-state index in [-0.39, 0.29) is 5.95 Å². The van der Waals surface area contributed by atoms with Gasteiger partial charge in [-0.2, -0.15) is 15.0 Å². The van der Waals surface area contributed by atoms with Gasteiger partial charge < -0.3 is 11.1 Å². The lowest BCUT2D eigenvalue weighted by molar-refractivity contribution is 0.559. The number of allylic oxidation sites excluding steroid dienone is 8. The van der Waals surface area contributed by atoms with Crippen LogP contribution in [-0.4, -0.2) is 21.0 Å². The lowest BCUT2D eigenvalue weighted by Gasteiger charge is -2.18. The summed E-state index contributed by atoms with van der Waals surface area (Å²) in [6.07, 6.45) is 24.1. The molecule has 1 heterocycles. The molecule has 2 aliphatic rings. The smallest absolute Gasteiger partial charge is 0.228 e. The molecule has 0 radical (unpaired) electrons. The second-order valence-corrected chi connectivity index (χ2v) is 6.63. The fourth-order valence-corrected chi connectivity index (χ4v) is 3.26. The Morgan fingerprint density at radius 2 is 1.48 bits per heavy atom. The lowest BCUT2D eigenvalue weighted by atomic mass is 10.1. The number of hydrogen-bond acceptors (Lipinski definition) is 5. The molecule has 25 heavy (non-hydrogen) atoms. The van der Waals surface area contributed by atoms with Crippen LogP contribution in [0.15, 0.2) is 42.5 Å². The maximum Gasteiger partial charge on any atom is 0.228 e. The molecule has 0 aliphatic heterocycles. The van der Waals surface area contributed by atoms with Crippen LogP contribution in [0.5, 0.6) is 0 Å². The fraction of sp³-hybridized carbons (Fsp3) is 0.450. The van der Waals surface area contributed by atoms with E-state index in [9.17, 15) is 0 Å². The third-order valence-corrected chi connectivity index (χ3v) is 4.60. The molecule has 5 heteroatoms. The van der Waals surface area contributed by atoms with Gasteiger partial charge in [-0.1, -0.05) is 81.1 Å². The molecule has 1 aromatic rings. The highest BCUT2D eigenvalue weighted by atomic mass is 15.2. The van der Waals surface area contributed by atoms with Crippen molar-refractivity contribution >= 4 is 17.5 Å². The zero-order valence-corrected chi connectivity index (χ0v) is 14.7. The molecule has 0 spiro atoms. The van der Waals surface area contributed by atoms with Gasteiger partial charge in [-0.25, -0.2) is 0 Å². The molecule has 3 rings (SSSR count). The highest BCUT2D eigenvalue weighted by Crippen LogP contribution is 2.21. The van der Waals surface area contributed by atoms with Gasteiger partial charge in [0.25, 0.3) is 0 Å². The molecule has 0 unspecified atom stereocenters. The van der Waals surface area contributed by atoms with Crippen molar-refractivity contribution < 1.29 is 0 Å². The van der Waals surface area contributed by atoms with Crippen LogP contribution in [0, 0.1) is 0 Å². The summed E-state index contributed by atoms with van der Waals surface area (Å²) in [6.45, 7) is 0. The minimum absolute atomic E-state index is 0.256. The Bertz CT molecular complexity index is 677. The third kappa shape index (κ3) is 5.55. The zero-order valence-electron chi connectivity index (χ0n) is 14.7. The van der Waals surface area contributed by atoms with E-state index in [1.54, 1.807) is 0 Å². The molecule has 3 N–H and O–H groups in total. The quantitative estimate of drug-likeness (QED) is 0.853. The Labute approximate surface area is 149 Å². The average Bonchev–Trinajstić information content (AvgIpc) is 2.68. The van der Waals surface area contributed by atoms with Crippen molar-refractivity contribution in [2.45, 2.75) is 57.4 Å². The largest absolute Gasteiger partial charge is 0.368 e. The predicted octanol–water partition coefficient (Wildman–Crippen LogP) is 4.43. The molecule has 1 fully saturated rings. The molecule has 0 amide bonds. The van der Waals surface area contributed by atoms with Gasteiger partial charge in [-0.3, -0.25) is 0 Å². The van der Waals surface area contributed by atoms with Gasteiger partial charge in [0.2, 0.25) is 11.9 Å². The van der Waals surface area contributed by atoms with Crippen molar-refractivity contribution in [2.24, 2.45) is 0 Å². The van der Waals surface area contributed by atoms with Crippen molar-refractivity contribution in [1.82, 2.24) is 15.0 Å². The van der Waals surface area contributed by atoms with Gasteiger partial charge in [-0.05, 0) is 12.8 Å². The average molecular weight is 337 g/mol. The predicted molar refractivity (Wildman–Crippen MR) is 104 cm³/mol. The summed E-state index contributed by atoms with van der Waals surface area (Å²) in [4.78, 5) is 13.2. The highest BCUT2D eigenvalue weighted by molar-refractivity contribution is 5.72. The second kappa shape index (κ2) is 9.16. The molecule has 2 aliphatic carbocycles. The van der Waals surface area contributed by atoms with Gasteiger partial charge in [0.05, 0.1) is 0 Å². The van der Waals surface area contributed by atoms with E-state index in [0.717, 1.165) is 18.4 Å². The SMILES string of the molecule is Nc1nc(NC2CCCCCCCC2)nc(C2=C/C=C\C=C/C=C2)n1. The van der Waals surface area contributed by atoms with Gasteiger partial charge in [0.15, 0.2) is 5.82 Å². The molecule has 5 nitrogen and oxygen atoms in total. The van der Waals surface area contributed by atoms with Crippen molar-refractivity contribution in [2.75, 3.05) is 11.1 Å². The first-order chi connectivity index (χ1) is 12.3. The molecule has 0 bridgehead atoms. The molecular formula is C20H27N5. The van der Waals surface area contributed by atoms with Crippen LogP contribution in [0.3, 0.4) is 0 Å². The number of nitrogens with two attached hydrogens (primary N) is 1. The summed E-state index contributed by atoms with van der Waals surface area (Å²) in [7, 11) is 0. The monoisotopic (exact) mass is 337 g/mol. The van der Waals surface area contributed by atoms with Crippen LogP contribution >= 0.6 is 0 Å². The molecule has 1 aromatic heterocycles. The highest BCUT2D eigenvalue weighted by Gasteiger charge is 2.14. The molecule has 0 atom stereocenters. The second-order valence-electron chi connectivity index (χ2n) is 6.63. The van der Waals surface area contributed by atoms with Crippen LogP contribution in [0.25, 0.3) is 5.57 Å². The van der Waals surface area contributed by atoms with Gasteiger partial charge >= 0.3 is 0 Å². The normalized spacial score (nSPS) is 21.8. The van der Waals surface area contributed by atoms with E-state index < -0.39 is 0 Å². The van der Waals surface area contributed by atoms with E-state index in [2.05, 4.69) is 20.3 Å². The Morgan fingerprint density at radius 3 is 2.28 bits per heavy atom. The maximum atomic E-state index is 5.94. The molecule has 1 saturated carbocycles. The van der Waals surface area contributed by atoms with Crippen molar-refractivity contribution in [1.29, 1.82) is 0 Å². The minimum atomic E-state index is 0.256. The zero-order chi connectivity index (χ0) is 17.3. The summed E-state index contributed by atoms with van der Waals surface area (Å²) in [5.74, 6) is 1.45. The van der Waals surface area contributed by atoms with Crippen molar-refractivity contribution in [3.05, 3.63) is 48.4 Å². The van der Waals surface area contributed by atoms with Crippen LogP contribution in [-0.2, 0) is 0 Å². The first-order valence-electron chi connectivity index (χ1n) is 9.31. The number of aromatic nitrogens is 3. The van der Waals surface area contributed by atoms with E-state index in [1.807, 2.05) is 42.5 Å². The van der Waals surface area contributed by atoms with E-state index in [0.29, 0.717) is 17.8 Å². The molecular weight excluding hydrogens is 310 g/mol. The summed E-state index contributed by atoms with van der Waals surface area (Å²) < 4.78 is 0. The first kappa shape index (κ1) is 17.4. The number of nitrogens with one attached hydrogen (secondary N) is 1. The van der Waals surface area contributed by atoms with Gasteiger partial charge in [0, 0.05) is 11.6 Å². The Hall–Kier alpha value is -2.43. The first-order valence-corrected chi connectivity index (χ1v) is 9.31. The Morgan fingerprint density at radius 1 is 0.800 bits per heavy atom. The number of nitrogen functional groups attached to an aromatic ring is 1. The molecule has 0 aromatic carbocycles. The van der Waals surface area contributed by atoms with Crippen LogP contribution < -0.4 is 11.1 Å². The summed E-state index contributed by atoms with van der Waals surface area (Å²) >= 11 is 0. The van der Waals surface area contributed by atoms with Gasteiger partial charge in [-0.15, -0.1) is 0 Å². The topological polar surface area (TPSA) is 76.7 Å². The third-order valence-electron chi connectivity index (χ3n) is 4.60. The van der Waals surface area contributed by atoms with E-state index in [4.69, 9.17) is 5.73 Å². The van der Waals surface area contributed by atoms with E-state index >= 15 is 0 Å². The summed E-state index contributed by atoms with van der Waals surface area (Å²) in [5.41, 5.74) is 6.86. The Balaban J connectivity index is 1.76. The number of rotatable bonds is 3. The fourth-order valence-electron chi connectivity index (χ4n) is 3.26. The number of nitrogens with zero attached hydrogens (tertiary/aromatic N) is 3. The van der Waals surface area contributed by atoms with Crippen LogP contribution in [0.4, 0.5) is 11.9 Å².